The summed E-state index contributed by atoms with van der Waals surface area (Å²) in [4.78, 5) is 0. The third kappa shape index (κ3) is 2.74. The second-order valence-electron chi connectivity index (χ2n) is 4.98. The molecular formula is C14H8F6N4. The van der Waals surface area contributed by atoms with E-state index in [2.05, 4.69) is 10.2 Å². The van der Waals surface area contributed by atoms with Gasteiger partial charge in [0.05, 0.1) is 16.8 Å². The molecule has 0 spiro atoms. The number of aromatic nitrogens is 3. The van der Waals surface area contributed by atoms with E-state index >= 15 is 0 Å². The minimum absolute atomic E-state index is 0.0566. The van der Waals surface area contributed by atoms with Crippen LogP contribution in [0, 0.1) is 0 Å². The van der Waals surface area contributed by atoms with Gasteiger partial charge in [-0.3, -0.25) is 4.40 Å². The van der Waals surface area contributed by atoms with Gasteiger partial charge in [-0.2, -0.15) is 26.3 Å². The van der Waals surface area contributed by atoms with Crippen molar-refractivity contribution in [2.24, 2.45) is 0 Å². The third-order valence-corrected chi connectivity index (χ3v) is 3.31. The maximum absolute atomic E-state index is 12.9. The summed E-state index contributed by atoms with van der Waals surface area (Å²) in [6, 6.07) is 4.21. The Morgan fingerprint density at radius 2 is 1.46 bits per heavy atom. The van der Waals surface area contributed by atoms with Gasteiger partial charge in [0.15, 0.2) is 11.5 Å². The summed E-state index contributed by atoms with van der Waals surface area (Å²) in [5.41, 5.74) is 2.78. The van der Waals surface area contributed by atoms with E-state index in [-0.39, 0.29) is 28.8 Å². The summed E-state index contributed by atoms with van der Waals surface area (Å²) in [6.45, 7) is 0. The van der Waals surface area contributed by atoms with Gasteiger partial charge in [-0.15, -0.1) is 10.2 Å². The molecule has 3 rings (SSSR count). The largest absolute Gasteiger partial charge is 0.416 e. The molecule has 0 aliphatic rings. The van der Waals surface area contributed by atoms with Crippen LogP contribution in [0.1, 0.15) is 11.1 Å². The molecule has 4 nitrogen and oxygen atoms in total. The number of nitrogens with zero attached hydrogens (tertiary/aromatic N) is 3. The van der Waals surface area contributed by atoms with E-state index in [0.717, 1.165) is 0 Å². The average Bonchev–Trinajstić information content (AvgIpc) is 2.90. The molecule has 0 aliphatic heterocycles. The Bertz CT molecular complexity index is 877. The molecule has 3 aromatic rings. The summed E-state index contributed by atoms with van der Waals surface area (Å²) in [5.74, 6) is -0.172. The number of hydrogen-bond acceptors (Lipinski definition) is 3. The standard InChI is InChI=1S/C14H8F6N4/c15-13(16,17)8-4-7(5-9(6-8)14(18,19)20)11-22-23-12-10(21)2-1-3-24(11)12/h1-6H,21H2. The van der Waals surface area contributed by atoms with Crippen molar-refractivity contribution in [2.75, 3.05) is 5.73 Å². The Hall–Kier alpha value is -2.78. The van der Waals surface area contributed by atoms with Crippen molar-refractivity contribution in [3.63, 3.8) is 0 Å². The minimum atomic E-state index is -4.93. The van der Waals surface area contributed by atoms with Crippen LogP contribution in [0.2, 0.25) is 0 Å². The lowest BCUT2D eigenvalue weighted by molar-refractivity contribution is -0.143. The van der Waals surface area contributed by atoms with Gasteiger partial charge in [-0.1, -0.05) is 0 Å². The molecule has 0 saturated carbocycles. The second kappa shape index (κ2) is 5.11. The van der Waals surface area contributed by atoms with Crippen molar-refractivity contribution in [1.82, 2.24) is 14.6 Å². The zero-order valence-corrected chi connectivity index (χ0v) is 11.7. The van der Waals surface area contributed by atoms with Crippen LogP contribution in [0.3, 0.4) is 0 Å². The van der Waals surface area contributed by atoms with Crippen LogP contribution in [0.5, 0.6) is 0 Å². The van der Waals surface area contributed by atoms with E-state index in [4.69, 9.17) is 5.73 Å². The van der Waals surface area contributed by atoms with Gasteiger partial charge in [0.1, 0.15) is 0 Å². The molecule has 0 fully saturated rings. The number of nitrogens with two attached hydrogens (primary N) is 1. The molecule has 1 aromatic carbocycles. The zero-order chi connectivity index (χ0) is 17.7. The number of hydrogen-bond donors (Lipinski definition) is 1. The topological polar surface area (TPSA) is 56.2 Å². The van der Waals surface area contributed by atoms with Crippen LogP contribution in [-0.4, -0.2) is 14.6 Å². The van der Waals surface area contributed by atoms with E-state index in [1.54, 1.807) is 0 Å². The number of anilines is 1. The highest BCUT2D eigenvalue weighted by Crippen LogP contribution is 2.38. The maximum Gasteiger partial charge on any atom is 0.416 e. The van der Waals surface area contributed by atoms with Crippen molar-refractivity contribution in [2.45, 2.75) is 12.4 Å². The number of halogens is 6. The highest BCUT2D eigenvalue weighted by molar-refractivity contribution is 5.69. The number of pyridine rings is 1. The van der Waals surface area contributed by atoms with E-state index in [0.29, 0.717) is 12.1 Å². The Morgan fingerprint density at radius 3 is 2.00 bits per heavy atom. The molecule has 0 aliphatic carbocycles. The minimum Gasteiger partial charge on any atom is -0.396 e. The summed E-state index contributed by atoms with van der Waals surface area (Å²) < 4.78 is 78.8. The summed E-state index contributed by atoms with van der Waals surface area (Å²) >= 11 is 0. The molecule has 24 heavy (non-hydrogen) atoms. The van der Waals surface area contributed by atoms with E-state index in [9.17, 15) is 26.3 Å². The van der Waals surface area contributed by atoms with Crippen LogP contribution in [0.4, 0.5) is 32.0 Å². The molecule has 10 heteroatoms. The lowest BCUT2D eigenvalue weighted by Crippen LogP contribution is -2.11. The van der Waals surface area contributed by atoms with Crippen molar-refractivity contribution < 1.29 is 26.3 Å². The van der Waals surface area contributed by atoms with Gasteiger partial charge in [0.25, 0.3) is 0 Å². The normalized spacial score (nSPS) is 12.8. The van der Waals surface area contributed by atoms with Gasteiger partial charge in [-0.05, 0) is 30.3 Å². The molecule has 0 amide bonds. The number of fused-ring (bicyclic) bond motifs is 1. The van der Waals surface area contributed by atoms with E-state index < -0.39 is 23.5 Å². The lowest BCUT2D eigenvalue weighted by atomic mass is 10.0. The monoisotopic (exact) mass is 346 g/mol. The number of rotatable bonds is 1. The SMILES string of the molecule is Nc1cccn2c(-c3cc(C(F)(F)F)cc(C(F)(F)F)c3)nnc12. The van der Waals surface area contributed by atoms with Gasteiger partial charge in [0.2, 0.25) is 0 Å². The molecule has 0 atom stereocenters. The summed E-state index contributed by atoms with van der Waals surface area (Å²) in [6.07, 6.45) is -8.47. The second-order valence-corrected chi connectivity index (χ2v) is 4.98. The van der Waals surface area contributed by atoms with Crippen LogP contribution >= 0.6 is 0 Å². The average molecular weight is 346 g/mol. The van der Waals surface area contributed by atoms with Crippen LogP contribution in [0.15, 0.2) is 36.5 Å². The molecule has 2 N–H and O–H groups in total. The number of nitrogen functional groups attached to an aromatic ring is 1. The first-order valence-corrected chi connectivity index (χ1v) is 6.46. The number of alkyl halides is 6. The molecule has 0 radical (unpaired) electrons. The predicted molar refractivity (Wildman–Crippen MR) is 72.8 cm³/mol. The molecule has 2 heterocycles. The predicted octanol–water partition coefficient (Wildman–Crippen LogP) is 4.02. The Morgan fingerprint density at radius 1 is 0.875 bits per heavy atom. The lowest BCUT2D eigenvalue weighted by Gasteiger charge is -2.13. The molecule has 0 unspecified atom stereocenters. The molecular weight excluding hydrogens is 338 g/mol. The Labute approximate surface area is 130 Å². The fraction of sp³-hybridized carbons (Fsp3) is 0.143. The van der Waals surface area contributed by atoms with Crippen molar-refractivity contribution in [1.29, 1.82) is 0 Å². The third-order valence-electron chi connectivity index (χ3n) is 3.31. The molecule has 0 saturated heterocycles. The van der Waals surface area contributed by atoms with E-state index in [1.165, 1.54) is 22.7 Å². The molecule has 0 bridgehead atoms. The van der Waals surface area contributed by atoms with Crippen molar-refractivity contribution in [3.05, 3.63) is 47.7 Å². The van der Waals surface area contributed by atoms with Crippen molar-refractivity contribution >= 4 is 11.3 Å². The maximum atomic E-state index is 12.9. The molecule has 126 valence electrons. The van der Waals surface area contributed by atoms with Gasteiger partial charge >= 0.3 is 12.4 Å². The first kappa shape index (κ1) is 16.1. The fourth-order valence-corrected chi connectivity index (χ4v) is 2.22. The Balaban J connectivity index is 2.28. The smallest absolute Gasteiger partial charge is 0.396 e. The first-order chi connectivity index (χ1) is 11.1. The van der Waals surface area contributed by atoms with Gasteiger partial charge in [-0.25, -0.2) is 0 Å². The molecule has 2 aromatic heterocycles. The highest BCUT2D eigenvalue weighted by atomic mass is 19.4. The first-order valence-electron chi connectivity index (χ1n) is 6.46. The summed E-state index contributed by atoms with van der Waals surface area (Å²) in [5, 5.41) is 7.37. The fourth-order valence-electron chi connectivity index (χ4n) is 2.22. The van der Waals surface area contributed by atoms with Gasteiger partial charge < -0.3 is 5.73 Å². The van der Waals surface area contributed by atoms with Crippen LogP contribution in [0.25, 0.3) is 17.0 Å². The van der Waals surface area contributed by atoms with E-state index in [1.807, 2.05) is 0 Å². The summed E-state index contributed by atoms with van der Waals surface area (Å²) in [7, 11) is 0. The van der Waals surface area contributed by atoms with Crippen LogP contribution < -0.4 is 5.73 Å². The highest BCUT2D eigenvalue weighted by Gasteiger charge is 2.37. The zero-order valence-electron chi connectivity index (χ0n) is 11.7. The Kier molecular flexibility index (Phi) is 3.43. The van der Waals surface area contributed by atoms with Crippen LogP contribution in [-0.2, 0) is 12.4 Å². The van der Waals surface area contributed by atoms with Gasteiger partial charge in [0, 0.05) is 11.8 Å². The van der Waals surface area contributed by atoms with Crippen molar-refractivity contribution in [3.8, 4) is 11.4 Å². The number of benzene rings is 1. The quantitative estimate of drug-likeness (QED) is 0.677.